The predicted octanol–water partition coefficient (Wildman–Crippen LogP) is 8.75. The van der Waals surface area contributed by atoms with Crippen LogP contribution in [0.25, 0.3) is 0 Å². The van der Waals surface area contributed by atoms with Crippen LogP contribution < -0.4 is 5.73 Å². The molecule has 1 nitrogen and oxygen atoms in total. The predicted molar refractivity (Wildman–Crippen MR) is 136 cm³/mol. The highest BCUT2D eigenvalue weighted by Crippen LogP contribution is 2.35. The van der Waals surface area contributed by atoms with Gasteiger partial charge in [-0.3, -0.25) is 0 Å². The summed E-state index contributed by atoms with van der Waals surface area (Å²) < 4.78 is 0. The Morgan fingerprint density at radius 2 is 1.20 bits per heavy atom. The molecule has 2 rings (SSSR count). The van der Waals surface area contributed by atoms with Crippen LogP contribution in [-0.2, 0) is 5.54 Å². The van der Waals surface area contributed by atoms with Gasteiger partial charge in [0.05, 0.1) is 0 Å². The van der Waals surface area contributed by atoms with Gasteiger partial charge in [0.2, 0.25) is 0 Å². The fraction of sp³-hybridized carbons (Fsp3) is 0.571. The molecule has 0 bridgehead atoms. The molecule has 168 valence electrons. The Labute approximate surface area is 192 Å². The average Bonchev–Trinajstić information content (AvgIpc) is 2.72. The number of nitrogens with two attached hydrogens (primary N) is 1. The number of unbranched alkanes of at least 4 members (excludes halogenated alkanes) is 9. The first kappa shape index (κ1) is 26.7. The maximum atomic E-state index is 6.53. The molecule has 0 saturated heterocycles. The number of halogens is 1. The normalized spacial score (nSPS) is 12.4. The van der Waals surface area contributed by atoms with E-state index in [2.05, 4.69) is 75.4 Å². The van der Waals surface area contributed by atoms with Crippen molar-refractivity contribution in [3.63, 3.8) is 0 Å². The number of rotatable bonds is 14. The van der Waals surface area contributed by atoms with Crippen LogP contribution in [0.4, 0.5) is 0 Å². The second kappa shape index (κ2) is 14.7. The molecule has 0 amide bonds. The molecule has 0 aliphatic rings. The van der Waals surface area contributed by atoms with Gasteiger partial charge in [-0.25, -0.2) is 0 Å². The van der Waals surface area contributed by atoms with Crippen molar-refractivity contribution in [2.75, 3.05) is 0 Å². The lowest BCUT2D eigenvalue weighted by molar-refractivity contribution is 0.524. The van der Waals surface area contributed by atoms with Crippen LogP contribution in [0, 0.1) is 0 Å². The van der Waals surface area contributed by atoms with Gasteiger partial charge in [-0.2, -0.15) is 0 Å². The second-order valence-electron chi connectivity index (χ2n) is 9.24. The summed E-state index contributed by atoms with van der Waals surface area (Å²) in [6, 6.07) is 19.8. The minimum atomic E-state index is -0.318. The van der Waals surface area contributed by atoms with E-state index in [1.54, 1.807) is 0 Å². The molecule has 0 aromatic heterocycles. The average molecular weight is 430 g/mol. The minimum Gasteiger partial charge on any atom is -0.322 e. The van der Waals surface area contributed by atoms with E-state index < -0.39 is 0 Å². The van der Waals surface area contributed by atoms with E-state index >= 15 is 0 Å². The number of benzene rings is 2. The van der Waals surface area contributed by atoms with Gasteiger partial charge in [-0.1, -0.05) is 126 Å². The van der Waals surface area contributed by atoms with Gasteiger partial charge in [0.15, 0.2) is 0 Å². The van der Waals surface area contributed by atoms with Crippen LogP contribution >= 0.6 is 12.4 Å². The van der Waals surface area contributed by atoms with Gasteiger partial charge in [0.1, 0.15) is 0 Å². The number of hydrogen-bond acceptors (Lipinski definition) is 1. The molecule has 0 saturated carbocycles. The third kappa shape index (κ3) is 9.23. The molecule has 2 aromatic rings. The summed E-state index contributed by atoms with van der Waals surface area (Å²) in [4.78, 5) is 0. The van der Waals surface area contributed by atoms with Crippen molar-refractivity contribution in [1.29, 1.82) is 0 Å². The zero-order chi connectivity index (χ0) is 21.0. The van der Waals surface area contributed by atoms with Gasteiger partial charge >= 0.3 is 0 Å². The van der Waals surface area contributed by atoms with Crippen molar-refractivity contribution in [3.05, 3.63) is 71.3 Å². The van der Waals surface area contributed by atoms with Gasteiger partial charge in [0.25, 0.3) is 0 Å². The Morgan fingerprint density at radius 3 is 1.77 bits per heavy atom. The lowest BCUT2D eigenvalue weighted by atomic mass is 9.80. The quantitative estimate of drug-likeness (QED) is 0.298. The highest BCUT2D eigenvalue weighted by molar-refractivity contribution is 5.85. The lowest BCUT2D eigenvalue weighted by Gasteiger charge is -2.28. The van der Waals surface area contributed by atoms with Gasteiger partial charge in [-0.05, 0) is 37.0 Å². The summed E-state index contributed by atoms with van der Waals surface area (Å²) in [6.45, 7) is 6.53. The Bertz CT molecular complexity index is 675. The summed E-state index contributed by atoms with van der Waals surface area (Å²) in [6.07, 6.45) is 15.0. The molecular formula is C28H44ClN. The zero-order valence-electron chi connectivity index (χ0n) is 19.5. The molecule has 0 spiro atoms. The monoisotopic (exact) mass is 429 g/mol. The van der Waals surface area contributed by atoms with E-state index in [4.69, 9.17) is 5.73 Å². The van der Waals surface area contributed by atoms with Crippen LogP contribution in [0.5, 0.6) is 0 Å². The molecule has 1 unspecified atom stereocenters. The standard InChI is InChI=1S/C28H43N.ClH/c1-4-5-6-7-8-9-10-11-12-16-21-25(24-19-14-13-15-20-24)26-22-17-18-23-27(26)28(2,3)29;/h13-15,17-20,22-23,25H,4-12,16,21,29H2,1-3H3;1H. The van der Waals surface area contributed by atoms with Crippen molar-refractivity contribution in [2.24, 2.45) is 5.73 Å². The first-order valence-corrected chi connectivity index (χ1v) is 12.0. The summed E-state index contributed by atoms with van der Waals surface area (Å²) in [5, 5.41) is 0. The topological polar surface area (TPSA) is 26.0 Å². The van der Waals surface area contributed by atoms with E-state index in [0.29, 0.717) is 5.92 Å². The lowest BCUT2D eigenvalue weighted by Crippen LogP contribution is -2.30. The molecule has 2 heteroatoms. The highest BCUT2D eigenvalue weighted by atomic mass is 35.5. The highest BCUT2D eigenvalue weighted by Gasteiger charge is 2.23. The molecule has 1 atom stereocenters. The molecule has 30 heavy (non-hydrogen) atoms. The molecule has 0 radical (unpaired) electrons. The van der Waals surface area contributed by atoms with Crippen LogP contribution in [0.1, 0.15) is 114 Å². The van der Waals surface area contributed by atoms with E-state index in [0.717, 1.165) is 0 Å². The van der Waals surface area contributed by atoms with Crippen molar-refractivity contribution >= 4 is 12.4 Å². The Balaban J connectivity index is 0.00000450. The molecule has 0 aliphatic heterocycles. The Kier molecular flexibility index (Phi) is 13.1. The van der Waals surface area contributed by atoms with Gasteiger partial charge in [0, 0.05) is 11.5 Å². The van der Waals surface area contributed by atoms with Crippen LogP contribution in [0.3, 0.4) is 0 Å². The Hall–Kier alpha value is -1.31. The fourth-order valence-electron chi connectivity index (χ4n) is 4.41. The van der Waals surface area contributed by atoms with E-state index in [1.807, 2.05) is 0 Å². The van der Waals surface area contributed by atoms with Crippen LogP contribution in [0.15, 0.2) is 54.6 Å². The maximum absolute atomic E-state index is 6.53. The SMILES string of the molecule is CCCCCCCCCCCCC(c1ccccc1)c1ccccc1C(C)(C)N.Cl. The first-order chi connectivity index (χ1) is 14.0. The van der Waals surface area contributed by atoms with E-state index in [-0.39, 0.29) is 17.9 Å². The summed E-state index contributed by atoms with van der Waals surface area (Å²) in [5.74, 6) is 0.435. The number of hydrogen-bond donors (Lipinski definition) is 1. The second-order valence-corrected chi connectivity index (χ2v) is 9.24. The fourth-order valence-corrected chi connectivity index (χ4v) is 4.41. The summed E-state index contributed by atoms with van der Waals surface area (Å²) >= 11 is 0. The van der Waals surface area contributed by atoms with Gasteiger partial charge < -0.3 is 5.73 Å². The van der Waals surface area contributed by atoms with E-state index in [9.17, 15) is 0 Å². The van der Waals surface area contributed by atoms with Crippen LogP contribution in [0.2, 0.25) is 0 Å². The molecule has 2 N–H and O–H groups in total. The third-order valence-corrected chi connectivity index (χ3v) is 6.08. The molecular weight excluding hydrogens is 386 g/mol. The molecule has 0 heterocycles. The van der Waals surface area contributed by atoms with Gasteiger partial charge in [-0.15, -0.1) is 12.4 Å². The van der Waals surface area contributed by atoms with Crippen molar-refractivity contribution in [1.82, 2.24) is 0 Å². The van der Waals surface area contributed by atoms with Crippen molar-refractivity contribution in [3.8, 4) is 0 Å². The summed E-state index contributed by atoms with van der Waals surface area (Å²) in [7, 11) is 0. The maximum Gasteiger partial charge on any atom is 0.0355 e. The third-order valence-electron chi connectivity index (χ3n) is 6.08. The van der Waals surface area contributed by atoms with Crippen LogP contribution in [-0.4, -0.2) is 0 Å². The molecule has 0 fully saturated rings. The Morgan fingerprint density at radius 1 is 0.700 bits per heavy atom. The minimum absolute atomic E-state index is 0. The molecule has 2 aromatic carbocycles. The van der Waals surface area contributed by atoms with Crippen molar-refractivity contribution < 1.29 is 0 Å². The summed E-state index contributed by atoms with van der Waals surface area (Å²) in [5.41, 5.74) is 10.3. The van der Waals surface area contributed by atoms with E-state index in [1.165, 1.54) is 87.3 Å². The smallest absolute Gasteiger partial charge is 0.0355 e. The first-order valence-electron chi connectivity index (χ1n) is 12.0. The largest absolute Gasteiger partial charge is 0.322 e. The molecule has 0 aliphatic carbocycles. The van der Waals surface area contributed by atoms with Crippen molar-refractivity contribution in [2.45, 2.75) is 103 Å². The zero-order valence-corrected chi connectivity index (χ0v) is 20.4.